The van der Waals surface area contributed by atoms with Crippen LogP contribution in [-0.2, 0) is 17.6 Å². The Balaban J connectivity index is 1.59. The van der Waals surface area contributed by atoms with Crippen molar-refractivity contribution in [2.75, 3.05) is 6.54 Å². The molecule has 0 radical (unpaired) electrons. The zero-order valence-electron chi connectivity index (χ0n) is 13.5. The highest BCUT2D eigenvalue weighted by molar-refractivity contribution is 5.79. The predicted molar refractivity (Wildman–Crippen MR) is 94.0 cm³/mol. The Hall–Kier alpha value is -2.95. The molecule has 24 heavy (non-hydrogen) atoms. The first-order valence-corrected chi connectivity index (χ1v) is 7.92. The van der Waals surface area contributed by atoms with E-state index in [2.05, 4.69) is 15.3 Å². The van der Waals surface area contributed by atoms with Gasteiger partial charge < -0.3 is 10.3 Å². The Morgan fingerprint density at radius 3 is 2.71 bits per heavy atom. The summed E-state index contributed by atoms with van der Waals surface area (Å²) in [7, 11) is 0. The number of aryl methyl sites for hydroxylation is 1. The molecule has 0 aliphatic rings. The molecule has 0 spiro atoms. The predicted octanol–water partition coefficient (Wildman–Crippen LogP) is 2.13. The lowest BCUT2D eigenvalue weighted by atomic mass is 10.1. The molecular weight excluding hydrogens is 302 g/mol. The number of carbonyl (C=O) groups excluding carboxylic acids is 1. The van der Waals surface area contributed by atoms with E-state index in [1.54, 1.807) is 6.07 Å². The molecule has 0 aliphatic heterocycles. The summed E-state index contributed by atoms with van der Waals surface area (Å²) in [6.45, 7) is 2.43. The van der Waals surface area contributed by atoms with E-state index in [1.807, 2.05) is 49.4 Å². The van der Waals surface area contributed by atoms with Crippen LogP contribution < -0.4 is 10.9 Å². The Bertz CT molecular complexity index is 931. The molecule has 122 valence electrons. The van der Waals surface area contributed by atoms with Crippen LogP contribution in [0, 0.1) is 6.92 Å². The number of H-pyrrole nitrogens is 1. The summed E-state index contributed by atoms with van der Waals surface area (Å²) < 4.78 is 0. The van der Waals surface area contributed by atoms with Gasteiger partial charge >= 0.3 is 0 Å². The van der Waals surface area contributed by atoms with Crippen molar-refractivity contribution in [1.29, 1.82) is 0 Å². The average molecular weight is 321 g/mol. The zero-order valence-corrected chi connectivity index (χ0v) is 13.5. The van der Waals surface area contributed by atoms with Crippen LogP contribution in [0.25, 0.3) is 10.9 Å². The van der Waals surface area contributed by atoms with Gasteiger partial charge in [-0.1, -0.05) is 36.4 Å². The Labute approximate surface area is 139 Å². The van der Waals surface area contributed by atoms with E-state index >= 15 is 0 Å². The second kappa shape index (κ2) is 7.08. The summed E-state index contributed by atoms with van der Waals surface area (Å²) in [6, 6.07) is 15.1. The van der Waals surface area contributed by atoms with Gasteiger partial charge in [0.05, 0.1) is 17.3 Å². The van der Waals surface area contributed by atoms with Crippen LogP contribution in [0.15, 0.2) is 53.3 Å². The SMILES string of the molecule is Cc1ccccc1CC(=O)NCCc1nc2ccccc2c(=O)[nH]1. The summed E-state index contributed by atoms with van der Waals surface area (Å²) in [5, 5.41) is 3.45. The Morgan fingerprint density at radius 2 is 1.88 bits per heavy atom. The summed E-state index contributed by atoms with van der Waals surface area (Å²) in [4.78, 5) is 31.2. The molecule has 2 aromatic carbocycles. The molecule has 0 bridgehead atoms. The van der Waals surface area contributed by atoms with Gasteiger partial charge in [0, 0.05) is 13.0 Å². The molecule has 1 amide bonds. The number of nitrogens with zero attached hydrogens (tertiary/aromatic N) is 1. The van der Waals surface area contributed by atoms with E-state index in [0.29, 0.717) is 36.1 Å². The maximum Gasteiger partial charge on any atom is 0.258 e. The fraction of sp³-hybridized carbons (Fsp3) is 0.211. The monoisotopic (exact) mass is 321 g/mol. The number of aromatic amines is 1. The number of hydrogen-bond donors (Lipinski definition) is 2. The highest BCUT2D eigenvalue weighted by Crippen LogP contribution is 2.08. The zero-order chi connectivity index (χ0) is 16.9. The molecular formula is C19H19N3O2. The number of hydrogen-bond acceptors (Lipinski definition) is 3. The number of aromatic nitrogens is 2. The number of nitrogens with one attached hydrogen (secondary N) is 2. The third kappa shape index (κ3) is 3.68. The molecule has 0 aliphatic carbocycles. The van der Waals surface area contributed by atoms with Gasteiger partial charge in [-0.15, -0.1) is 0 Å². The van der Waals surface area contributed by atoms with Crippen LogP contribution in [0.4, 0.5) is 0 Å². The van der Waals surface area contributed by atoms with Gasteiger partial charge in [0.1, 0.15) is 5.82 Å². The maximum atomic E-state index is 12.0. The smallest absolute Gasteiger partial charge is 0.258 e. The minimum Gasteiger partial charge on any atom is -0.355 e. The lowest BCUT2D eigenvalue weighted by Gasteiger charge is -2.07. The van der Waals surface area contributed by atoms with Crippen molar-refractivity contribution in [3.05, 3.63) is 75.8 Å². The summed E-state index contributed by atoms with van der Waals surface area (Å²) in [5.74, 6) is 0.544. The number of fused-ring (bicyclic) bond motifs is 1. The maximum absolute atomic E-state index is 12.0. The quantitative estimate of drug-likeness (QED) is 0.756. The van der Waals surface area contributed by atoms with Crippen LogP contribution in [0.3, 0.4) is 0 Å². The highest BCUT2D eigenvalue weighted by atomic mass is 16.1. The number of para-hydroxylation sites is 1. The first-order chi connectivity index (χ1) is 11.6. The lowest BCUT2D eigenvalue weighted by molar-refractivity contribution is -0.120. The van der Waals surface area contributed by atoms with Gasteiger partial charge in [0.15, 0.2) is 0 Å². The van der Waals surface area contributed by atoms with E-state index in [4.69, 9.17) is 0 Å². The Morgan fingerprint density at radius 1 is 1.12 bits per heavy atom. The normalized spacial score (nSPS) is 10.7. The summed E-state index contributed by atoms with van der Waals surface area (Å²) >= 11 is 0. The molecule has 5 nitrogen and oxygen atoms in total. The van der Waals surface area contributed by atoms with Crippen LogP contribution in [0.2, 0.25) is 0 Å². The molecule has 2 N–H and O–H groups in total. The van der Waals surface area contributed by atoms with Crippen molar-refractivity contribution in [3.8, 4) is 0 Å². The lowest BCUT2D eigenvalue weighted by Crippen LogP contribution is -2.28. The molecule has 3 rings (SSSR count). The largest absolute Gasteiger partial charge is 0.355 e. The first-order valence-electron chi connectivity index (χ1n) is 7.92. The van der Waals surface area contributed by atoms with Gasteiger partial charge in [-0.3, -0.25) is 9.59 Å². The minimum atomic E-state index is -0.151. The second-order valence-corrected chi connectivity index (χ2v) is 5.73. The van der Waals surface area contributed by atoms with Crippen molar-refractivity contribution >= 4 is 16.8 Å². The van der Waals surface area contributed by atoms with Crippen molar-refractivity contribution in [1.82, 2.24) is 15.3 Å². The van der Waals surface area contributed by atoms with Crippen LogP contribution in [0.5, 0.6) is 0 Å². The molecule has 3 aromatic rings. The standard InChI is InChI=1S/C19H19N3O2/c1-13-6-2-3-7-14(13)12-18(23)20-11-10-17-21-16-9-5-4-8-15(16)19(24)22-17/h2-9H,10-12H2,1H3,(H,20,23)(H,21,22,24). The number of benzene rings is 2. The second-order valence-electron chi connectivity index (χ2n) is 5.73. The fourth-order valence-electron chi connectivity index (χ4n) is 2.62. The van der Waals surface area contributed by atoms with Gasteiger partial charge in [-0.25, -0.2) is 4.98 Å². The molecule has 0 saturated heterocycles. The molecule has 0 unspecified atom stereocenters. The number of carbonyl (C=O) groups is 1. The van der Waals surface area contributed by atoms with Crippen LogP contribution in [-0.4, -0.2) is 22.4 Å². The van der Waals surface area contributed by atoms with Crippen molar-refractivity contribution < 1.29 is 4.79 Å². The van der Waals surface area contributed by atoms with Crippen molar-refractivity contribution in [2.45, 2.75) is 19.8 Å². The molecule has 0 fully saturated rings. The Kier molecular flexibility index (Phi) is 4.70. The van der Waals surface area contributed by atoms with Crippen molar-refractivity contribution in [2.24, 2.45) is 0 Å². The van der Waals surface area contributed by atoms with Crippen LogP contribution in [0.1, 0.15) is 17.0 Å². The van der Waals surface area contributed by atoms with E-state index in [-0.39, 0.29) is 11.5 Å². The molecule has 5 heteroatoms. The third-order valence-electron chi connectivity index (χ3n) is 3.96. The van der Waals surface area contributed by atoms with Gasteiger partial charge in [-0.2, -0.15) is 0 Å². The number of rotatable bonds is 5. The van der Waals surface area contributed by atoms with Gasteiger partial charge in [0.25, 0.3) is 5.56 Å². The van der Waals surface area contributed by atoms with Gasteiger partial charge in [-0.05, 0) is 30.2 Å². The molecule has 0 saturated carbocycles. The van der Waals surface area contributed by atoms with E-state index in [1.165, 1.54) is 0 Å². The van der Waals surface area contributed by atoms with Gasteiger partial charge in [0.2, 0.25) is 5.91 Å². The minimum absolute atomic E-state index is 0.0348. The molecule has 1 aromatic heterocycles. The molecule has 0 atom stereocenters. The summed E-state index contributed by atoms with van der Waals surface area (Å²) in [5.41, 5.74) is 2.64. The number of amides is 1. The highest BCUT2D eigenvalue weighted by Gasteiger charge is 2.07. The van der Waals surface area contributed by atoms with E-state index < -0.39 is 0 Å². The fourth-order valence-corrected chi connectivity index (χ4v) is 2.62. The van der Waals surface area contributed by atoms with Crippen molar-refractivity contribution in [3.63, 3.8) is 0 Å². The van der Waals surface area contributed by atoms with E-state index in [0.717, 1.165) is 11.1 Å². The first kappa shape index (κ1) is 15.9. The average Bonchev–Trinajstić information content (AvgIpc) is 2.57. The van der Waals surface area contributed by atoms with Crippen LogP contribution >= 0.6 is 0 Å². The summed E-state index contributed by atoms with van der Waals surface area (Å²) in [6.07, 6.45) is 0.841. The van der Waals surface area contributed by atoms with E-state index in [9.17, 15) is 9.59 Å². The topological polar surface area (TPSA) is 74.8 Å². The molecule has 1 heterocycles. The third-order valence-corrected chi connectivity index (χ3v) is 3.96.